The minimum absolute atomic E-state index is 0.0549. The lowest BCUT2D eigenvalue weighted by Gasteiger charge is -2.33. The van der Waals surface area contributed by atoms with Crippen LogP contribution in [0.2, 0.25) is 0 Å². The van der Waals surface area contributed by atoms with Gasteiger partial charge in [0.2, 0.25) is 0 Å². The van der Waals surface area contributed by atoms with Gasteiger partial charge in [0.1, 0.15) is 0 Å². The van der Waals surface area contributed by atoms with Gasteiger partial charge in [-0.2, -0.15) is 0 Å². The first-order chi connectivity index (χ1) is 16.4. The molecule has 1 fully saturated rings. The Morgan fingerprint density at radius 1 is 1.15 bits per heavy atom. The molecule has 8 heteroatoms. The molecule has 0 aromatic carbocycles. The summed E-state index contributed by atoms with van der Waals surface area (Å²) in [7, 11) is 0. The summed E-state index contributed by atoms with van der Waals surface area (Å²) < 4.78 is 37.5. The fourth-order valence-electron chi connectivity index (χ4n) is 3.70. The number of aliphatic imine (C=N–C) groups is 1. The molecule has 1 heterocycles. The molecule has 0 spiro atoms. The molecule has 0 amide bonds. The molecule has 7 nitrogen and oxygen atoms in total. The largest absolute Gasteiger partial charge is 0.382 e. The van der Waals surface area contributed by atoms with Gasteiger partial charge in [-0.25, -0.2) is 4.39 Å². The number of nitrogens with one attached hydrogen (secondary N) is 1. The van der Waals surface area contributed by atoms with Crippen LogP contribution in [0.3, 0.4) is 0 Å². The van der Waals surface area contributed by atoms with Crippen LogP contribution in [0.1, 0.15) is 66.2 Å². The van der Waals surface area contributed by atoms with E-state index in [1.807, 2.05) is 13.0 Å². The predicted octanol–water partition coefficient (Wildman–Crippen LogP) is 4.32. The summed E-state index contributed by atoms with van der Waals surface area (Å²) in [5, 5.41) is 3.53. The molecular formula is C26H48FN3O4. The SMILES string of the molecule is CCC/C=C(/C=N/C=C(\C)NC1CCCOC1CCC)C(C)(F)COCCOCCOCCN. The maximum atomic E-state index is 15.4. The Morgan fingerprint density at radius 2 is 1.85 bits per heavy atom. The van der Waals surface area contributed by atoms with Crippen LogP contribution in [0, 0.1) is 0 Å². The van der Waals surface area contributed by atoms with Gasteiger partial charge in [0.05, 0.1) is 51.8 Å². The second-order valence-electron chi connectivity index (χ2n) is 8.89. The second-order valence-corrected chi connectivity index (χ2v) is 8.89. The van der Waals surface area contributed by atoms with Crippen molar-refractivity contribution in [3.63, 3.8) is 0 Å². The van der Waals surface area contributed by atoms with Crippen LogP contribution in [0.4, 0.5) is 4.39 Å². The van der Waals surface area contributed by atoms with Crippen molar-refractivity contribution >= 4 is 6.21 Å². The summed E-state index contributed by atoms with van der Waals surface area (Å²) in [6, 6.07) is 0.296. The van der Waals surface area contributed by atoms with E-state index in [1.165, 1.54) is 6.92 Å². The fraction of sp³-hybridized carbons (Fsp3) is 0.808. The summed E-state index contributed by atoms with van der Waals surface area (Å²) in [5.41, 5.74) is 5.20. The van der Waals surface area contributed by atoms with Crippen LogP contribution < -0.4 is 11.1 Å². The quantitative estimate of drug-likeness (QED) is 0.209. The lowest BCUT2D eigenvalue weighted by molar-refractivity contribution is -0.0112. The number of alkyl halides is 1. The Morgan fingerprint density at radius 3 is 2.53 bits per heavy atom. The molecule has 3 N–H and O–H groups in total. The summed E-state index contributed by atoms with van der Waals surface area (Å²) in [6.07, 6.45) is 11.5. The van der Waals surface area contributed by atoms with E-state index in [4.69, 9.17) is 24.7 Å². The molecule has 3 atom stereocenters. The highest BCUT2D eigenvalue weighted by Gasteiger charge is 2.28. The van der Waals surface area contributed by atoms with Gasteiger partial charge in [0.15, 0.2) is 5.67 Å². The molecule has 0 bridgehead atoms. The zero-order chi connectivity index (χ0) is 25.1. The third-order valence-electron chi connectivity index (χ3n) is 5.54. The molecular weight excluding hydrogens is 437 g/mol. The number of halogens is 1. The van der Waals surface area contributed by atoms with E-state index >= 15 is 4.39 Å². The van der Waals surface area contributed by atoms with Gasteiger partial charge in [-0.15, -0.1) is 0 Å². The van der Waals surface area contributed by atoms with Crippen molar-refractivity contribution in [2.75, 3.05) is 52.8 Å². The Balaban J connectivity index is 2.54. The first-order valence-electron chi connectivity index (χ1n) is 12.9. The van der Waals surface area contributed by atoms with Crippen LogP contribution in [-0.2, 0) is 18.9 Å². The Bertz CT molecular complexity index is 609. The molecule has 0 aromatic rings. The predicted molar refractivity (Wildman–Crippen MR) is 137 cm³/mol. The number of rotatable bonds is 19. The molecule has 34 heavy (non-hydrogen) atoms. The average molecular weight is 486 g/mol. The first-order valence-corrected chi connectivity index (χ1v) is 12.9. The minimum Gasteiger partial charge on any atom is -0.382 e. The smallest absolute Gasteiger partial charge is 0.157 e. The van der Waals surface area contributed by atoms with Crippen molar-refractivity contribution in [2.24, 2.45) is 10.7 Å². The van der Waals surface area contributed by atoms with Crippen LogP contribution in [0.5, 0.6) is 0 Å². The molecule has 0 aliphatic carbocycles. The maximum absolute atomic E-state index is 15.4. The summed E-state index contributed by atoms with van der Waals surface area (Å²) in [5.74, 6) is 0. The van der Waals surface area contributed by atoms with Gasteiger partial charge in [0.25, 0.3) is 0 Å². The molecule has 1 aliphatic heterocycles. The van der Waals surface area contributed by atoms with Crippen LogP contribution in [-0.4, -0.2) is 76.8 Å². The van der Waals surface area contributed by atoms with Crippen molar-refractivity contribution in [3.05, 3.63) is 23.5 Å². The summed E-state index contributed by atoms with van der Waals surface area (Å²) >= 11 is 0. The van der Waals surface area contributed by atoms with Crippen molar-refractivity contribution in [1.29, 1.82) is 0 Å². The highest BCUT2D eigenvalue weighted by Crippen LogP contribution is 2.22. The molecule has 0 aromatic heterocycles. The number of nitrogens with two attached hydrogens (primary N) is 1. The molecule has 3 unspecified atom stereocenters. The maximum Gasteiger partial charge on any atom is 0.157 e. The number of unbranched alkanes of at least 4 members (excludes halogenated alkanes) is 1. The number of nitrogens with zero attached hydrogens (tertiary/aromatic N) is 1. The van der Waals surface area contributed by atoms with E-state index < -0.39 is 5.67 Å². The third kappa shape index (κ3) is 13.5. The number of hydrogen-bond donors (Lipinski definition) is 2. The molecule has 1 rings (SSSR count). The Hall–Kier alpha value is -1.32. The van der Waals surface area contributed by atoms with Crippen molar-refractivity contribution in [1.82, 2.24) is 5.32 Å². The van der Waals surface area contributed by atoms with Gasteiger partial charge in [-0.3, -0.25) is 4.99 Å². The molecule has 0 radical (unpaired) electrons. The number of hydrogen-bond acceptors (Lipinski definition) is 7. The van der Waals surface area contributed by atoms with Crippen LogP contribution >= 0.6 is 0 Å². The van der Waals surface area contributed by atoms with E-state index in [0.29, 0.717) is 51.2 Å². The second kappa shape index (κ2) is 18.9. The monoisotopic (exact) mass is 485 g/mol. The van der Waals surface area contributed by atoms with Gasteiger partial charge < -0.3 is 30.0 Å². The Kier molecular flexibility index (Phi) is 17.1. The van der Waals surface area contributed by atoms with Gasteiger partial charge >= 0.3 is 0 Å². The van der Waals surface area contributed by atoms with E-state index in [0.717, 1.165) is 50.8 Å². The van der Waals surface area contributed by atoms with Crippen LogP contribution in [0.25, 0.3) is 0 Å². The number of ether oxygens (including phenoxy) is 4. The lowest BCUT2D eigenvalue weighted by Crippen LogP contribution is -2.43. The standard InChI is InChI=1S/C26H48FN3O4/c1-5-7-10-23(26(4,27)21-33-18-17-32-16-15-31-14-12-28)20-29-19-22(3)30-24-11-8-13-34-25(24)9-6-2/h10,19-20,24-25,30H,5-9,11-18,21,28H2,1-4H3/b22-19+,23-10-,29-20+. The Labute approximate surface area is 206 Å². The summed E-state index contributed by atoms with van der Waals surface area (Å²) in [6.45, 7) is 11.2. The fourth-order valence-corrected chi connectivity index (χ4v) is 3.70. The lowest BCUT2D eigenvalue weighted by atomic mass is 9.98. The highest BCUT2D eigenvalue weighted by atomic mass is 19.1. The minimum atomic E-state index is -1.64. The van der Waals surface area contributed by atoms with E-state index in [9.17, 15) is 0 Å². The number of allylic oxidation sites excluding steroid dienone is 2. The summed E-state index contributed by atoms with van der Waals surface area (Å²) in [4.78, 5) is 4.42. The molecule has 1 saturated heterocycles. The van der Waals surface area contributed by atoms with Gasteiger partial charge in [-0.05, 0) is 39.5 Å². The topological polar surface area (TPSA) is 87.3 Å². The first kappa shape index (κ1) is 30.7. The van der Waals surface area contributed by atoms with Crippen molar-refractivity contribution in [2.45, 2.75) is 84.0 Å². The van der Waals surface area contributed by atoms with Crippen molar-refractivity contribution < 1.29 is 23.3 Å². The molecule has 0 saturated carbocycles. The normalized spacial score (nSPS) is 21.7. The molecule has 198 valence electrons. The van der Waals surface area contributed by atoms with E-state index in [1.54, 1.807) is 12.4 Å². The zero-order valence-corrected chi connectivity index (χ0v) is 21.8. The van der Waals surface area contributed by atoms with Crippen LogP contribution in [0.15, 0.2) is 28.5 Å². The van der Waals surface area contributed by atoms with Gasteiger partial charge in [-0.1, -0.05) is 32.8 Å². The average Bonchev–Trinajstić information content (AvgIpc) is 2.81. The van der Waals surface area contributed by atoms with Crippen molar-refractivity contribution in [3.8, 4) is 0 Å². The zero-order valence-electron chi connectivity index (χ0n) is 21.8. The van der Waals surface area contributed by atoms with E-state index in [2.05, 4.69) is 24.2 Å². The van der Waals surface area contributed by atoms with Gasteiger partial charge in [0, 0.05) is 36.8 Å². The third-order valence-corrected chi connectivity index (χ3v) is 5.54. The highest BCUT2D eigenvalue weighted by molar-refractivity contribution is 5.81. The molecule has 1 aliphatic rings. The van der Waals surface area contributed by atoms with E-state index in [-0.39, 0.29) is 12.7 Å².